The molecule has 7 heteroatoms. The molecule has 5 nitrogen and oxygen atoms in total. The van der Waals surface area contributed by atoms with Gasteiger partial charge < -0.3 is 4.90 Å². The number of carbonyl (C=O) groups is 1. The first kappa shape index (κ1) is 15.4. The van der Waals surface area contributed by atoms with E-state index < -0.39 is 22.3 Å². The van der Waals surface area contributed by atoms with Gasteiger partial charge in [-0.05, 0) is 19.4 Å². The van der Waals surface area contributed by atoms with Crippen LogP contribution in [0.1, 0.15) is 23.7 Å². The Morgan fingerprint density at radius 3 is 2.68 bits per heavy atom. The molecule has 0 aromatic heterocycles. The minimum atomic E-state index is -0.800. The molecule has 0 bridgehead atoms. The molecule has 19 heavy (non-hydrogen) atoms. The summed E-state index contributed by atoms with van der Waals surface area (Å²) in [6.45, 7) is 2.64. The van der Waals surface area contributed by atoms with Gasteiger partial charge in [-0.15, -0.1) is 11.6 Å². The molecule has 104 valence electrons. The zero-order chi connectivity index (χ0) is 14.4. The SMILES string of the molecule is CCN(CCCCl)C(=O)c1cc(F)cc([N+](=O)[O-])c1. The van der Waals surface area contributed by atoms with Crippen LogP contribution >= 0.6 is 11.6 Å². The summed E-state index contributed by atoms with van der Waals surface area (Å²) in [7, 11) is 0. The third-order valence-corrected chi connectivity index (χ3v) is 2.84. The number of benzene rings is 1. The lowest BCUT2D eigenvalue weighted by Crippen LogP contribution is -2.32. The molecular weight excluding hydrogens is 275 g/mol. The van der Waals surface area contributed by atoms with E-state index in [0.717, 1.165) is 18.2 Å². The van der Waals surface area contributed by atoms with Crippen LogP contribution in [0, 0.1) is 15.9 Å². The van der Waals surface area contributed by atoms with Gasteiger partial charge in [-0.3, -0.25) is 14.9 Å². The van der Waals surface area contributed by atoms with Crippen LogP contribution in [0.2, 0.25) is 0 Å². The first-order valence-corrected chi connectivity index (χ1v) is 6.33. The minimum absolute atomic E-state index is 0.0249. The van der Waals surface area contributed by atoms with Gasteiger partial charge in [0.25, 0.3) is 11.6 Å². The highest BCUT2D eigenvalue weighted by molar-refractivity contribution is 6.17. The summed E-state index contributed by atoms with van der Waals surface area (Å²) in [5.74, 6) is -0.825. The summed E-state index contributed by atoms with van der Waals surface area (Å²) < 4.78 is 13.3. The molecule has 0 fully saturated rings. The quantitative estimate of drug-likeness (QED) is 0.459. The Hall–Kier alpha value is -1.69. The number of nitro benzene ring substituents is 1. The van der Waals surface area contributed by atoms with Gasteiger partial charge in [0.05, 0.1) is 11.0 Å². The van der Waals surface area contributed by atoms with Gasteiger partial charge in [0, 0.05) is 30.6 Å². The van der Waals surface area contributed by atoms with Gasteiger partial charge >= 0.3 is 0 Å². The first-order valence-electron chi connectivity index (χ1n) is 5.79. The number of halogens is 2. The highest BCUT2D eigenvalue weighted by Gasteiger charge is 2.18. The van der Waals surface area contributed by atoms with Crippen molar-refractivity contribution in [2.75, 3.05) is 19.0 Å². The largest absolute Gasteiger partial charge is 0.339 e. The van der Waals surface area contributed by atoms with Crippen molar-refractivity contribution >= 4 is 23.2 Å². The maximum Gasteiger partial charge on any atom is 0.273 e. The van der Waals surface area contributed by atoms with Crippen molar-refractivity contribution in [3.8, 4) is 0 Å². The van der Waals surface area contributed by atoms with Crippen LogP contribution in [0.5, 0.6) is 0 Å². The molecule has 0 heterocycles. The van der Waals surface area contributed by atoms with Crippen LogP contribution < -0.4 is 0 Å². The number of hydrogen-bond donors (Lipinski definition) is 0. The fraction of sp³-hybridized carbons (Fsp3) is 0.417. The summed E-state index contributed by atoms with van der Waals surface area (Å²) in [4.78, 5) is 23.5. The van der Waals surface area contributed by atoms with Crippen LogP contribution in [0.4, 0.5) is 10.1 Å². The molecule has 0 N–H and O–H groups in total. The predicted octanol–water partition coefficient (Wildman–Crippen LogP) is 2.82. The van der Waals surface area contributed by atoms with Gasteiger partial charge in [0.15, 0.2) is 0 Å². The zero-order valence-electron chi connectivity index (χ0n) is 10.4. The van der Waals surface area contributed by atoms with Gasteiger partial charge in [-0.1, -0.05) is 0 Å². The third kappa shape index (κ3) is 4.17. The number of nitro groups is 1. The normalized spacial score (nSPS) is 10.3. The Morgan fingerprint density at radius 2 is 2.16 bits per heavy atom. The van der Waals surface area contributed by atoms with Crippen molar-refractivity contribution in [1.82, 2.24) is 4.90 Å². The van der Waals surface area contributed by atoms with E-state index in [4.69, 9.17) is 11.6 Å². The molecule has 1 aromatic rings. The lowest BCUT2D eigenvalue weighted by Gasteiger charge is -2.20. The van der Waals surface area contributed by atoms with Crippen molar-refractivity contribution in [2.24, 2.45) is 0 Å². The summed E-state index contributed by atoms with van der Waals surface area (Å²) >= 11 is 5.56. The van der Waals surface area contributed by atoms with Gasteiger partial charge in [-0.25, -0.2) is 4.39 Å². The van der Waals surface area contributed by atoms with E-state index in [-0.39, 0.29) is 5.56 Å². The number of amides is 1. The molecule has 1 aromatic carbocycles. The lowest BCUT2D eigenvalue weighted by molar-refractivity contribution is -0.385. The summed E-state index contributed by atoms with van der Waals surface area (Å²) in [6, 6.07) is 2.86. The zero-order valence-corrected chi connectivity index (χ0v) is 11.2. The van der Waals surface area contributed by atoms with E-state index in [1.54, 1.807) is 6.92 Å². The molecular formula is C12H14ClFN2O3. The van der Waals surface area contributed by atoms with Crippen LogP contribution in [-0.2, 0) is 0 Å². The van der Waals surface area contributed by atoms with Crippen LogP contribution in [0.3, 0.4) is 0 Å². The van der Waals surface area contributed by atoms with Crippen LogP contribution in [-0.4, -0.2) is 34.7 Å². The van der Waals surface area contributed by atoms with Crippen molar-refractivity contribution in [3.05, 3.63) is 39.7 Å². The fourth-order valence-electron chi connectivity index (χ4n) is 1.64. The maximum atomic E-state index is 13.3. The number of nitrogens with zero attached hydrogens (tertiary/aromatic N) is 2. The number of alkyl halides is 1. The van der Waals surface area contributed by atoms with Gasteiger partial charge in [0.2, 0.25) is 0 Å². The summed E-state index contributed by atoms with van der Waals surface area (Å²) in [5.41, 5.74) is -0.458. The second kappa shape index (κ2) is 7.04. The van der Waals surface area contributed by atoms with Crippen LogP contribution in [0.25, 0.3) is 0 Å². The average Bonchev–Trinajstić information content (AvgIpc) is 2.38. The second-order valence-corrected chi connectivity index (χ2v) is 4.26. The van der Waals surface area contributed by atoms with Crippen molar-refractivity contribution in [1.29, 1.82) is 0 Å². The van der Waals surface area contributed by atoms with E-state index in [9.17, 15) is 19.3 Å². The van der Waals surface area contributed by atoms with E-state index in [1.165, 1.54) is 4.90 Å². The number of rotatable bonds is 6. The average molecular weight is 289 g/mol. The molecule has 1 amide bonds. The highest BCUT2D eigenvalue weighted by atomic mass is 35.5. The van der Waals surface area contributed by atoms with E-state index >= 15 is 0 Å². The molecule has 1 rings (SSSR count). The molecule has 0 radical (unpaired) electrons. The Kier molecular flexibility index (Phi) is 5.69. The lowest BCUT2D eigenvalue weighted by atomic mass is 10.1. The molecule has 0 unspecified atom stereocenters. The summed E-state index contributed by atoms with van der Waals surface area (Å²) in [5, 5.41) is 10.6. The Bertz CT molecular complexity index is 482. The molecule has 0 atom stereocenters. The Labute approximate surface area is 115 Å². The monoisotopic (exact) mass is 288 g/mol. The van der Waals surface area contributed by atoms with Gasteiger partial charge in [-0.2, -0.15) is 0 Å². The predicted molar refractivity (Wildman–Crippen MR) is 70.0 cm³/mol. The third-order valence-electron chi connectivity index (χ3n) is 2.57. The van der Waals surface area contributed by atoms with E-state index in [0.29, 0.717) is 25.4 Å². The minimum Gasteiger partial charge on any atom is -0.339 e. The van der Waals surface area contributed by atoms with Crippen molar-refractivity contribution in [2.45, 2.75) is 13.3 Å². The summed E-state index contributed by atoms with van der Waals surface area (Å²) in [6.07, 6.45) is 0.610. The number of hydrogen-bond acceptors (Lipinski definition) is 3. The van der Waals surface area contributed by atoms with Crippen molar-refractivity contribution < 1.29 is 14.1 Å². The Balaban J connectivity index is 3.00. The highest BCUT2D eigenvalue weighted by Crippen LogP contribution is 2.17. The standard InChI is InChI=1S/C12H14ClFN2O3/c1-2-15(5-3-4-13)12(17)9-6-10(14)8-11(7-9)16(18)19/h6-8H,2-5H2,1H3. The molecule has 0 aliphatic heterocycles. The maximum absolute atomic E-state index is 13.3. The number of carbonyl (C=O) groups excluding carboxylic acids is 1. The second-order valence-electron chi connectivity index (χ2n) is 3.88. The van der Waals surface area contributed by atoms with E-state index in [1.807, 2.05) is 0 Å². The van der Waals surface area contributed by atoms with E-state index in [2.05, 4.69) is 0 Å². The first-order chi connectivity index (χ1) is 8.99. The molecule has 0 saturated carbocycles. The smallest absolute Gasteiger partial charge is 0.273 e. The van der Waals surface area contributed by atoms with Crippen LogP contribution in [0.15, 0.2) is 18.2 Å². The molecule has 0 aliphatic rings. The fourth-order valence-corrected chi connectivity index (χ4v) is 1.76. The topological polar surface area (TPSA) is 63.5 Å². The number of non-ortho nitro benzene ring substituents is 1. The molecule has 0 aliphatic carbocycles. The molecule has 0 saturated heterocycles. The van der Waals surface area contributed by atoms with Gasteiger partial charge in [0.1, 0.15) is 5.82 Å². The van der Waals surface area contributed by atoms with Crippen molar-refractivity contribution in [3.63, 3.8) is 0 Å². The molecule has 0 spiro atoms. The Morgan fingerprint density at radius 1 is 1.47 bits per heavy atom.